The molecule has 2 bridgehead atoms. The molecule has 0 saturated heterocycles. The molecular formula is C18H19NS. The molecule has 2 aromatic carbocycles. The normalized spacial score (nSPS) is 37.4. The summed E-state index contributed by atoms with van der Waals surface area (Å²) in [5.74, 6) is 0. The fourth-order valence-electron chi connectivity index (χ4n) is 4.42. The third-order valence-electron chi connectivity index (χ3n) is 5.69. The first-order valence-corrected chi connectivity index (χ1v) is 7.67. The van der Waals surface area contributed by atoms with Crippen molar-refractivity contribution in [2.75, 3.05) is 0 Å². The number of hydrogen-bond acceptors (Lipinski definition) is 2. The van der Waals surface area contributed by atoms with Crippen molar-refractivity contribution in [1.82, 2.24) is 0 Å². The average Bonchev–Trinajstić information content (AvgIpc) is 2.50. The van der Waals surface area contributed by atoms with Crippen LogP contribution in [-0.2, 0) is 10.8 Å². The standard InChI is InChI=1S/C18H19NS/c1-17-11-7-3-5-9-13(11)18(2,16(20)15(17)19)14-10-6-4-8-12(14)17/h3-10,15-16,20H,19H2,1-2H3/t15-,16+,17?,18?/m0/s1. The van der Waals surface area contributed by atoms with Crippen LogP contribution in [0, 0.1) is 0 Å². The van der Waals surface area contributed by atoms with Crippen molar-refractivity contribution in [3.8, 4) is 0 Å². The largest absolute Gasteiger partial charge is 0.326 e. The first-order chi connectivity index (χ1) is 9.52. The molecule has 102 valence electrons. The van der Waals surface area contributed by atoms with Gasteiger partial charge in [0.15, 0.2) is 0 Å². The number of fused-ring (bicyclic) bond motifs is 1. The Balaban J connectivity index is 2.20. The van der Waals surface area contributed by atoms with Crippen LogP contribution >= 0.6 is 12.6 Å². The monoisotopic (exact) mass is 281 g/mol. The summed E-state index contributed by atoms with van der Waals surface area (Å²) in [5.41, 5.74) is 11.9. The van der Waals surface area contributed by atoms with Crippen molar-refractivity contribution in [3.63, 3.8) is 0 Å². The summed E-state index contributed by atoms with van der Waals surface area (Å²) in [6.07, 6.45) is 0. The van der Waals surface area contributed by atoms with Gasteiger partial charge in [0, 0.05) is 22.1 Å². The molecule has 0 spiro atoms. The third-order valence-corrected chi connectivity index (χ3v) is 6.53. The van der Waals surface area contributed by atoms with Crippen LogP contribution in [-0.4, -0.2) is 11.3 Å². The van der Waals surface area contributed by atoms with Gasteiger partial charge < -0.3 is 5.73 Å². The second kappa shape index (κ2) is 3.69. The predicted molar refractivity (Wildman–Crippen MR) is 86.5 cm³/mol. The van der Waals surface area contributed by atoms with E-state index in [1.165, 1.54) is 22.3 Å². The van der Waals surface area contributed by atoms with E-state index in [0.29, 0.717) is 0 Å². The second-order valence-corrected chi connectivity index (χ2v) is 7.02. The summed E-state index contributed by atoms with van der Waals surface area (Å²) in [5, 5.41) is 0.136. The maximum Gasteiger partial charge on any atom is 0.0342 e. The second-order valence-electron chi connectivity index (χ2n) is 6.47. The van der Waals surface area contributed by atoms with Gasteiger partial charge in [-0.25, -0.2) is 0 Å². The number of hydrogen-bond donors (Lipinski definition) is 2. The van der Waals surface area contributed by atoms with Crippen LogP contribution in [0.5, 0.6) is 0 Å². The minimum atomic E-state index is -0.142. The molecule has 0 aromatic heterocycles. The zero-order valence-electron chi connectivity index (χ0n) is 11.8. The van der Waals surface area contributed by atoms with Crippen LogP contribution in [0.1, 0.15) is 36.1 Å². The molecule has 0 radical (unpaired) electrons. The molecule has 0 aliphatic heterocycles. The van der Waals surface area contributed by atoms with Crippen LogP contribution in [0.25, 0.3) is 0 Å². The topological polar surface area (TPSA) is 26.0 Å². The minimum Gasteiger partial charge on any atom is -0.326 e. The highest BCUT2D eigenvalue weighted by Gasteiger charge is 2.59. The molecule has 0 heterocycles. The van der Waals surface area contributed by atoms with Gasteiger partial charge in [-0.05, 0) is 29.2 Å². The first kappa shape index (κ1) is 12.5. The van der Waals surface area contributed by atoms with E-state index in [2.05, 4.69) is 62.4 Å². The Hall–Kier alpha value is -1.25. The molecule has 2 aromatic rings. The lowest BCUT2D eigenvalue weighted by atomic mass is 9.48. The van der Waals surface area contributed by atoms with E-state index in [9.17, 15) is 0 Å². The Kier molecular flexibility index (Phi) is 2.30. The van der Waals surface area contributed by atoms with Crippen molar-refractivity contribution in [2.24, 2.45) is 5.73 Å². The molecule has 0 amide bonds. The number of nitrogens with two attached hydrogens (primary N) is 1. The number of benzene rings is 2. The Morgan fingerprint density at radius 3 is 1.55 bits per heavy atom. The van der Waals surface area contributed by atoms with Gasteiger partial charge in [-0.3, -0.25) is 0 Å². The highest BCUT2D eigenvalue weighted by atomic mass is 32.1. The maximum atomic E-state index is 6.64. The quantitative estimate of drug-likeness (QED) is 0.712. The fourth-order valence-corrected chi connectivity index (χ4v) is 5.00. The van der Waals surface area contributed by atoms with Gasteiger partial charge in [-0.1, -0.05) is 55.5 Å². The van der Waals surface area contributed by atoms with Gasteiger partial charge >= 0.3 is 0 Å². The molecule has 5 rings (SSSR count). The summed E-state index contributed by atoms with van der Waals surface area (Å²) in [6, 6.07) is 17.5. The molecule has 20 heavy (non-hydrogen) atoms. The maximum absolute atomic E-state index is 6.64. The van der Waals surface area contributed by atoms with E-state index in [1.807, 2.05) is 0 Å². The van der Waals surface area contributed by atoms with Gasteiger partial charge in [0.1, 0.15) is 0 Å². The lowest BCUT2D eigenvalue weighted by Gasteiger charge is -2.59. The summed E-state index contributed by atoms with van der Waals surface area (Å²) in [4.78, 5) is 0. The summed E-state index contributed by atoms with van der Waals surface area (Å²) < 4.78 is 0. The molecule has 3 aliphatic carbocycles. The van der Waals surface area contributed by atoms with Gasteiger partial charge in [-0.2, -0.15) is 12.6 Å². The van der Waals surface area contributed by atoms with Crippen LogP contribution in [0.4, 0.5) is 0 Å². The van der Waals surface area contributed by atoms with Crippen molar-refractivity contribution >= 4 is 12.6 Å². The minimum absolute atomic E-state index is 0.0284. The summed E-state index contributed by atoms with van der Waals surface area (Å²) >= 11 is 4.93. The van der Waals surface area contributed by atoms with Crippen molar-refractivity contribution < 1.29 is 0 Å². The fraction of sp³-hybridized carbons (Fsp3) is 0.333. The van der Waals surface area contributed by atoms with Crippen LogP contribution in [0.15, 0.2) is 48.5 Å². The SMILES string of the molecule is CC12c3ccccc3C(C)(c3ccccc31)[C@@H](N)[C@H]2S. The zero-order chi connectivity index (χ0) is 14.1. The Morgan fingerprint density at radius 2 is 1.15 bits per heavy atom. The van der Waals surface area contributed by atoms with E-state index >= 15 is 0 Å². The van der Waals surface area contributed by atoms with Crippen molar-refractivity contribution in [2.45, 2.75) is 36.0 Å². The number of thiol groups is 1. The lowest BCUT2D eigenvalue weighted by molar-refractivity contribution is 0.293. The smallest absolute Gasteiger partial charge is 0.0342 e. The predicted octanol–water partition coefficient (Wildman–Crippen LogP) is 3.25. The highest BCUT2D eigenvalue weighted by Crippen LogP contribution is 2.59. The van der Waals surface area contributed by atoms with E-state index in [-0.39, 0.29) is 22.1 Å². The van der Waals surface area contributed by atoms with E-state index in [1.54, 1.807) is 0 Å². The Labute approximate surface area is 125 Å². The van der Waals surface area contributed by atoms with Gasteiger partial charge in [0.05, 0.1) is 0 Å². The molecule has 2 atom stereocenters. The molecule has 3 aliphatic rings. The Morgan fingerprint density at radius 1 is 0.800 bits per heavy atom. The third kappa shape index (κ3) is 1.13. The van der Waals surface area contributed by atoms with E-state index < -0.39 is 0 Å². The molecule has 2 N–H and O–H groups in total. The lowest BCUT2D eigenvalue weighted by Crippen LogP contribution is -2.65. The van der Waals surface area contributed by atoms with Gasteiger partial charge in [-0.15, -0.1) is 0 Å². The molecule has 0 saturated carbocycles. The Bertz CT molecular complexity index is 599. The summed E-state index contributed by atoms with van der Waals surface area (Å²) in [7, 11) is 0. The molecule has 0 unspecified atom stereocenters. The molecule has 0 fully saturated rings. The zero-order valence-corrected chi connectivity index (χ0v) is 12.7. The average molecular weight is 281 g/mol. The van der Waals surface area contributed by atoms with E-state index in [4.69, 9.17) is 18.4 Å². The highest BCUT2D eigenvalue weighted by molar-refractivity contribution is 7.81. The molecule has 2 heteroatoms. The van der Waals surface area contributed by atoms with Gasteiger partial charge in [0.2, 0.25) is 0 Å². The number of rotatable bonds is 0. The molecule has 1 nitrogen and oxygen atoms in total. The first-order valence-electron chi connectivity index (χ1n) is 7.16. The van der Waals surface area contributed by atoms with Gasteiger partial charge in [0.25, 0.3) is 0 Å². The summed E-state index contributed by atoms with van der Waals surface area (Å²) in [6.45, 7) is 4.57. The van der Waals surface area contributed by atoms with Crippen molar-refractivity contribution in [1.29, 1.82) is 0 Å². The molecular weight excluding hydrogens is 262 g/mol. The van der Waals surface area contributed by atoms with Crippen LogP contribution < -0.4 is 5.73 Å². The van der Waals surface area contributed by atoms with E-state index in [0.717, 1.165) is 0 Å². The van der Waals surface area contributed by atoms with Crippen LogP contribution in [0.2, 0.25) is 0 Å². The van der Waals surface area contributed by atoms with Crippen molar-refractivity contribution in [3.05, 3.63) is 70.8 Å². The van der Waals surface area contributed by atoms with Crippen LogP contribution in [0.3, 0.4) is 0 Å².